The third kappa shape index (κ3) is 5.85. The Balaban J connectivity index is 2.51. The quantitative estimate of drug-likeness (QED) is 0.343. The van der Waals surface area contributed by atoms with E-state index in [1.54, 1.807) is 0 Å². The van der Waals surface area contributed by atoms with Crippen LogP contribution in [0.3, 0.4) is 0 Å². The number of hydrogen-bond donors (Lipinski definition) is 0. The number of thiocarbonyl (C=S) groups is 1. The summed E-state index contributed by atoms with van der Waals surface area (Å²) in [4.78, 5) is 0. The smallest absolute Gasteiger partial charge is 0.0838 e. The zero-order valence-electron chi connectivity index (χ0n) is 16.0. The summed E-state index contributed by atoms with van der Waals surface area (Å²) < 4.78 is 5.07. The monoisotopic (exact) mass is 436 g/mol. The third-order valence-electron chi connectivity index (χ3n) is 2.79. The molecular weight excluding hydrogens is 409 g/mol. The molecule has 1 aliphatic rings. The van der Waals surface area contributed by atoms with Gasteiger partial charge in [0.15, 0.2) is 0 Å². The van der Waals surface area contributed by atoms with Crippen LogP contribution in [0.1, 0.15) is 78.0 Å². The molecule has 1 aromatic heterocycles. The van der Waals surface area contributed by atoms with Crippen molar-refractivity contribution < 1.29 is 0 Å². The van der Waals surface area contributed by atoms with Gasteiger partial charge in [-0.05, 0) is 0 Å². The molecule has 136 valence electrons. The first kappa shape index (κ1) is 21.5. The fraction of sp³-hybridized carbons (Fsp3) is 0.722. The van der Waals surface area contributed by atoms with Gasteiger partial charge < -0.3 is 0 Å². The molecule has 0 nitrogen and oxygen atoms in total. The van der Waals surface area contributed by atoms with Crippen LogP contribution in [-0.2, 0) is 0 Å². The molecule has 1 aliphatic heterocycles. The molecule has 24 heavy (non-hydrogen) atoms. The van der Waals surface area contributed by atoms with Gasteiger partial charge in [0.2, 0.25) is 0 Å². The molecule has 0 radical (unpaired) electrons. The number of fused-ring (bicyclic) bond motifs is 1. The normalized spacial score (nSPS) is 19.0. The first-order chi connectivity index (χ1) is 10.7. The fourth-order valence-corrected chi connectivity index (χ4v) is 11.7. The SMILES string of the molecule is CC(C)(C)Sc1sc(SC(C)(C)C)c2c1C(=S)SC2SC(C)(C)C. The predicted octanol–water partition coefficient (Wildman–Crippen LogP) is 8.48. The second kappa shape index (κ2) is 7.31. The maximum Gasteiger partial charge on any atom is 0.0838 e. The summed E-state index contributed by atoms with van der Waals surface area (Å²) in [5.74, 6) is 0. The maximum absolute atomic E-state index is 5.81. The predicted molar refractivity (Wildman–Crippen MR) is 125 cm³/mol. The molecule has 0 aliphatic carbocycles. The van der Waals surface area contributed by atoms with Crippen LogP contribution in [0.15, 0.2) is 8.42 Å². The van der Waals surface area contributed by atoms with Gasteiger partial charge >= 0.3 is 0 Å². The van der Waals surface area contributed by atoms with E-state index in [0.717, 1.165) is 4.20 Å². The summed E-state index contributed by atoms with van der Waals surface area (Å²) >= 11 is 15.7. The number of rotatable bonds is 3. The van der Waals surface area contributed by atoms with Gasteiger partial charge in [0, 0.05) is 25.4 Å². The summed E-state index contributed by atoms with van der Waals surface area (Å²) in [6.07, 6.45) is 0. The number of thioether (sulfide) groups is 4. The topological polar surface area (TPSA) is 0 Å². The van der Waals surface area contributed by atoms with E-state index in [1.165, 1.54) is 19.5 Å². The highest BCUT2D eigenvalue weighted by Crippen LogP contribution is 2.61. The summed E-state index contributed by atoms with van der Waals surface area (Å²) in [5, 5.41) is 0. The Morgan fingerprint density at radius 1 is 0.792 bits per heavy atom. The van der Waals surface area contributed by atoms with Crippen LogP contribution in [0.5, 0.6) is 0 Å². The van der Waals surface area contributed by atoms with Gasteiger partial charge in [-0.2, -0.15) is 0 Å². The molecule has 0 fully saturated rings. The summed E-state index contributed by atoms with van der Waals surface area (Å²) in [6.45, 7) is 20.6. The van der Waals surface area contributed by atoms with Crippen LogP contribution < -0.4 is 0 Å². The van der Waals surface area contributed by atoms with Crippen molar-refractivity contribution in [3.05, 3.63) is 11.1 Å². The van der Waals surface area contributed by atoms with Crippen LogP contribution in [0.2, 0.25) is 0 Å². The lowest BCUT2D eigenvalue weighted by Gasteiger charge is -2.24. The second-order valence-electron chi connectivity index (χ2n) is 8.86. The minimum absolute atomic E-state index is 0.206. The zero-order valence-corrected chi connectivity index (χ0v) is 20.9. The fourth-order valence-electron chi connectivity index (χ4n) is 2.13. The van der Waals surface area contributed by atoms with Crippen LogP contribution in [0.4, 0.5) is 0 Å². The minimum Gasteiger partial charge on any atom is -0.136 e. The van der Waals surface area contributed by atoms with Crippen molar-refractivity contribution in [1.82, 2.24) is 0 Å². The van der Waals surface area contributed by atoms with Crippen LogP contribution >= 0.6 is 70.6 Å². The van der Waals surface area contributed by atoms with Crippen LogP contribution in [0, 0.1) is 0 Å². The molecule has 0 saturated heterocycles. The molecule has 2 rings (SSSR count). The Hall–Kier alpha value is 1.19. The first-order valence-corrected chi connectivity index (χ1v) is 12.7. The average molecular weight is 437 g/mol. The second-order valence-corrected chi connectivity index (χ2v) is 18.1. The van der Waals surface area contributed by atoms with Gasteiger partial charge in [-0.3, -0.25) is 0 Å². The Kier molecular flexibility index (Phi) is 6.54. The standard InChI is InChI=1S/C18H28S6/c1-16(2,3)22-13-10-11(15(21-13)24-18(7,8)9)14(20-12(10)19)23-17(4,5)6/h14H,1-9H3. The summed E-state index contributed by atoms with van der Waals surface area (Å²) in [7, 11) is 0. The molecule has 0 aromatic carbocycles. The highest BCUT2D eigenvalue weighted by Gasteiger charge is 2.39. The molecule has 1 aromatic rings. The van der Waals surface area contributed by atoms with E-state index in [4.69, 9.17) is 12.2 Å². The molecule has 2 heterocycles. The Bertz CT molecular complexity index is 622. The van der Waals surface area contributed by atoms with E-state index in [-0.39, 0.29) is 14.2 Å². The Labute approximate surface area is 174 Å². The largest absolute Gasteiger partial charge is 0.136 e. The third-order valence-corrected chi connectivity index (χ3v) is 9.70. The molecule has 6 heteroatoms. The van der Waals surface area contributed by atoms with Crippen molar-refractivity contribution in [3.63, 3.8) is 0 Å². The molecule has 1 unspecified atom stereocenters. The van der Waals surface area contributed by atoms with E-state index < -0.39 is 0 Å². The molecule has 0 bridgehead atoms. The maximum atomic E-state index is 5.81. The van der Waals surface area contributed by atoms with E-state index >= 15 is 0 Å². The lowest BCUT2D eigenvalue weighted by Crippen LogP contribution is -2.10. The molecule has 0 amide bonds. The van der Waals surface area contributed by atoms with Crippen molar-refractivity contribution in [1.29, 1.82) is 0 Å². The van der Waals surface area contributed by atoms with Gasteiger partial charge in [-0.15, -0.1) is 46.6 Å². The molecular formula is C18H28S6. The Morgan fingerprint density at radius 2 is 1.29 bits per heavy atom. The molecule has 0 spiro atoms. The van der Waals surface area contributed by atoms with Crippen molar-refractivity contribution >= 4 is 74.8 Å². The minimum atomic E-state index is 0.206. The van der Waals surface area contributed by atoms with E-state index in [0.29, 0.717) is 4.58 Å². The van der Waals surface area contributed by atoms with Gasteiger partial charge in [0.05, 0.1) is 17.2 Å². The van der Waals surface area contributed by atoms with Gasteiger partial charge in [-0.1, -0.05) is 86.3 Å². The van der Waals surface area contributed by atoms with Crippen molar-refractivity contribution in [2.75, 3.05) is 0 Å². The molecule has 0 saturated carbocycles. The highest BCUT2D eigenvalue weighted by molar-refractivity contribution is 8.31. The van der Waals surface area contributed by atoms with Gasteiger partial charge in [-0.25, -0.2) is 0 Å². The van der Waals surface area contributed by atoms with Gasteiger partial charge in [0.25, 0.3) is 0 Å². The highest BCUT2D eigenvalue weighted by atomic mass is 32.2. The van der Waals surface area contributed by atoms with E-state index in [9.17, 15) is 0 Å². The number of thiophene rings is 1. The lowest BCUT2D eigenvalue weighted by atomic mass is 10.2. The number of hydrogen-bond acceptors (Lipinski definition) is 6. The Morgan fingerprint density at radius 3 is 1.75 bits per heavy atom. The summed E-state index contributed by atoms with van der Waals surface area (Å²) in [6, 6.07) is 0. The average Bonchev–Trinajstić information content (AvgIpc) is 2.74. The zero-order chi connectivity index (χ0) is 18.5. The van der Waals surface area contributed by atoms with Gasteiger partial charge in [0.1, 0.15) is 0 Å². The molecule has 1 atom stereocenters. The van der Waals surface area contributed by atoms with Crippen molar-refractivity contribution in [2.45, 2.75) is 89.6 Å². The van der Waals surface area contributed by atoms with E-state index in [2.05, 4.69) is 62.3 Å². The van der Waals surface area contributed by atoms with Crippen molar-refractivity contribution in [2.24, 2.45) is 0 Å². The first-order valence-electron chi connectivity index (χ1n) is 8.10. The lowest BCUT2D eigenvalue weighted by molar-refractivity contribution is 0.800. The van der Waals surface area contributed by atoms with E-state index in [1.807, 2.05) is 58.4 Å². The molecule has 0 N–H and O–H groups in total. The van der Waals surface area contributed by atoms with Crippen molar-refractivity contribution in [3.8, 4) is 0 Å². The van der Waals surface area contributed by atoms with Crippen LogP contribution in [0.25, 0.3) is 0 Å². The van der Waals surface area contributed by atoms with Crippen LogP contribution in [-0.4, -0.2) is 18.4 Å². The summed E-state index contributed by atoms with van der Waals surface area (Å²) in [5.41, 5.74) is 2.87.